The second kappa shape index (κ2) is 7.06. The third kappa shape index (κ3) is 3.95. The SMILES string of the molecule is C[C@@H]1C[C@@](O)(C#CC#C[C@]2(O)C[C@@H](C)N(C)C[C@@H]2C)[C@@H](C)CN1C. The molecule has 0 aromatic heterocycles. The zero-order valence-electron chi connectivity index (χ0n) is 15.9. The molecule has 0 aliphatic carbocycles. The molecule has 0 radical (unpaired) electrons. The summed E-state index contributed by atoms with van der Waals surface area (Å²) in [5.74, 6) is 11.8. The van der Waals surface area contributed by atoms with Gasteiger partial charge in [0.2, 0.25) is 0 Å². The van der Waals surface area contributed by atoms with Crippen molar-refractivity contribution in [1.82, 2.24) is 9.80 Å². The van der Waals surface area contributed by atoms with E-state index in [1.165, 1.54) is 0 Å². The van der Waals surface area contributed by atoms with Crippen LogP contribution in [0.1, 0.15) is 40.5 Å². The van der Waals surface area contributed by atoms with Crippen LogP contribution >= 0.6 is 0 Å². The molecule has 2 rings (SSSR count). The van der Waals surface area contributed by atoms with Crippen LogP contribution in [0, 0.1) is 35.5 Å². The summed E-state index contributed by atoms with van der Waals surface area (Å²) >= 11 is 0. The second-order valence-electron chi connectivity index (χ2n) is 8.14. The fourth-order valence-corrected chi connectivity index (χ4v) is 3.77. The van der Waals surface area contributed by atoms with Gasteiger partial charge in [-0.15, -0.1) is 0 Å². The first kappa shape index (κ1) is 19.3. The molecule has 0 aromatic carbocycles. The first-order valence-corrected chi connectivity index (χ1v) is 8.97. The first-order valence-electron chi connectivity index (χ1n) is 8.97. The maximum Gasteiger partial charge on any atom is 0.131 e. The number of aliphatic hydroxyl groups is 2. The molecule has 6 atom stereocenters. The van der Waals surface area contributed by atoms with Crippen molar-refractivity contribution in [2.45, 2.75) is 63.8 Å². The molecular formula is C20H32N2O2. The fourth-order valence-electron chi connectivity index (χ4n) is 3.77. The van der Waals surface area contributed by atoms with Gasteiger partial charge in [0.15, 0.2) is 0 Å². The van der Waals surface area contributed by atoms with E-state index in [1.807, 2.05) is 13.8 Å². The summed E-state index contributed by atoms with van der Waals surface area (Å²) in [5, 5.41) is 21.6. The lowest BCUT2D eigenvalue weighted by molar-refractivity contribution is -0.0352. The molecule has 2 aliphatic rings. The summed E-state index contributed by atoms with van der Waals surface area (Å²) in [6, 6.07) is 0.597. The van der Waals surface area contributed by atoms with Crippen molar-refractivity contribution in [2.24, 2.45) is 11.8 Å². The molecule has 0 amide bonds. The average molecular weight is 332 g/mol. The van der Waals surface area contributed by atoms with Gasteiger partial charge in [-0.3, -0.25) is 0 Å². The number of nitrogens with zero attached hydrogens (tertiary/aromatic N) is 2. The van der Waals surface area contributed by atoms with Crippen molar-refractivity contribution in [3.8, 4) is 23.7 Å². The summed E-state index contributed by atoms with van der Waals surface area (Å²) in [4.78, 5) is 4.49. The highest BCUT2D eigenvalue weighted by atomic mass is 16.3. The Balaban J connectivity index is 2.12. The predicted molar refractivity (Wildman–Crippen MR) is 97.2 cm³/mol. The van der Waals surface area contributed by atoms with Gasteiger partial charge in [0.1, 0.15) is 11.2 Å². The molecule has 4 nitrogen and oxygen atoms in total. The van der Waals surface area contributed by atoms with Crippen LogP contribution < -0.4 is 0 Å². The van der Waals surface area contributed by atoms with Crippen LogP contribution in [0.3, 0.4) is 0 Å². The lowest BCUT2D eigenvalue weighted by atomic mass is 9.79. The highest BCUT2D eigenvalue weighted by Gasteiger charge is 2.41. The Labute approximate surface area is 147 Å². The minimum atomic E-state index is -0.991. The molecule has 0 unspecified atom stereocenters. The quantitative estimate of drug-likeness (QED) is 0.654. The second-order valence-corrected chi connectivity index (χ2v) is 8.14. The zero-order chi connectivity index (χ0) is 18.1. The Morgan fingerprint density at radius 2 is 1.08 bits per heavy atom. The van der Waals surface area contributed by atoms with Gasteiger partial charge < -0.3 is 20.0 Å². The molecule has 2 fully saturated rings. The molecule has 2 aliphatic heterocycles. The summed E-state index contributed by atoms with van der Waals surface area (Å²) in [6.45, 7) is 9.91. The van der Waals surface area contributed by atoms with Crippen LogP contribution in [0.4, 0.5) is 0 Å². The Kier molecular flexibility index (Phi) is 5.68. The largest absolute Gasteiger partial charge is 0.377 e. The van der Waals surface area contributed by atoms with Gasteiger partial charge in [-0.1, -0.05) is 25.7 Å². The number of likely N-dealkylation sites (tertiary alicyclic amines) is 2. The Hall–Kier alpha value is -1.04. The predicted octanol–water partition coefficient (Wildman–Crippen LogP) is 1.18. The Morgan fingerprint density at radius 3 is 1.42 bits per heavy atom. The minimum absolute atomic E-state index is 0.0818. The van der Waals surface area contributed by atoms with Crippen LogP contribution in [-0.4, -0.2) is 70.5 Å². The van der Waals surface area contributed by atoms with E-state index in [4.69, 9.17) is 0 Å². The summed E-state index contributed by atoms with van der Waals surface area (Å²) in [6.07, 6.45) is 1.25. The molecule has 24 heavy (non-hydrogen) atoms. The van der Waals surface area contributed by atoms with E-state index in [0.29, 0.717) is 24.9 Å². The van der Waals surface area contributed by atoms with E-state index < -0.39 is 11.2 Å². The molecule has 0 spiro atoms. The monoisotopic (exact) mass is 332 g/mol. The highest BCUT2D eigenvalue weighted by Crippen LogP contribution is 2.31. The van der Waals surface area contributed by atoms with Gasteiger partial charge in [0.05, 0.1) is 0 Å². The molecule has 0 bridgehead atoms. The third-order valence-electron chi connectivity index (χ3n) is 6.09. The van der Waals surface area contributed by atoms with Crippen molar-refractivity contribution in [1.29, 1.82) is 0 Å². The van der Waals surface area contributed by atoms with E-state index in [2.05, 4.69) is 61.4 Å². The van der Waals surface area contributed by atoms with E-state index in [9.17, 15) is 10.2 Å². The van der Waals surface area contributed by atoms with Gasteiger partial charge in [-0.2, -0.15) is 0 Å². The number of hydrogen-bond donors (Lipinski definition) is 2. The topological polar surface area (TPSA) is 46.9 Å². The Bertz CT molecular complexity index is 532. The van der Waals surface area contributed by atoms with Crippen molar-refractivity contribution < 1.29 is 10.2 Å². The van der Waals surface area contributed by atoms with E-state index in [0.717, 1.165) is 13.1 Å². The van der Waals surface area contributed by atoms with Crippen LogP contribution in [-0.2, 0) is 0 Å². The normalized spacial score (nSPS) is 44.2. The van der Waals surface area contributed by atoms with E-state index in [-0.39, 0.29) is 11.8 Å². The highest BCUT2D eigenvalue weighted by molar-refractivity contribution is 5.34. The molecule has 2 N–H and O–H groups in total. The van der Waals surface area contributed by atoms with Gasteiger partial charge in [0, 0.05) is 49.9 Å². The van der Waals surface area contributed by atoms with Gasteiger partial charge in [-0.05, 0) is 39.8 Å². The van der Waals surface area contributed by atoms with E-state index in [1.54, 1.807) is 0 Å². The van der Waals surface area contributed by atoms with Crippen LogP contribution in [0.2, 0.25) is 0 Å². The molecular weight excluding hydrogens is 300 g/mol. The van der Waals surface area contributed by atoms with E-state index >= 15 is 0 Å². The smallest absolute Gasteiger partial charge is 0.131 e. The molecule has 2 saturated heterocycles. The molecule has 134 valence electrons. The van der Waals surface area contributed by atoms with Crippen molar-refractivity contribution in [2.75, 3.05) is 27.2 Å². The maximum absolute atomic E-state index is 10.8. The summed E-state index contributed by atoms with van der Waals surface area (Å²) in [5.41, 5.74) is -1.98. The first-order chi connectivity index (χ1) is 11.1. The van der Waals surface area contributed by atoms with Crippen LogP contribution in [0.15, 0.2) is 0 Å². The van der Waals surface area contributed by atoms with Gasteiger partial charge >= 0.3 is 0 Å². The maximum atomic E-state index is 10.8. The zero-order valence-corrected chi connectivity index (χ0v) is 15.9. The van der Waals surface area contributed by atoms with Gasteiger partial charge in [-0.25, -0.2) is 0 Å². The van der Waals surface area contributed by atoms with Crippen molar-refractivity contribution in [3.05, 3.63) is 0 Å². The Morgan fingerprint density at radius 1 is 0.750 bits per heavy atom. The third-order valence-corrected chi connectivity index (χ3v) is 6.09. The van der Waals surface area contributed by atoms with Crippen molar-refractivity contribution in [3.63, 3.8) is 0 Å². The minimum Gasteiger partial charge on any atom is -0.377 e. The molecule has 0 aromatic rings. The lowest BCUT2D eigenvalue weighted by Gasteiger charge is -2.43. The molecule has 4 heteroatoms. The number of piperidine rings is 2. The van der Waals surface area contributed by atoms with Gasteiger partial charge in [0.25, 0.3) is 0 Å². The number of rotatable bonds is 0. The van der Waals surface area contributed by atoms with Crippen LogP contribution in [0.5, 0.6) is 0 Å². The number of hydrogen-bond acceptors (Lipinski definition) is 4. The molecule has 0 saturated carbocycles. The fraction of sp³-hybridized carbons (Fsp3) is 0.800. The van der Waals surface area contributed by atoms with Crippen molar-refractivity contribution >= 4 is 0 Å². The summed E-state index contributed by atoms with van der Waals surface area (Å²) < 4.78 is 0. The van der Waals surface area contributed by atoms with Crippen LogP contribution in [0.25, 0.3) is 0 Å². The lowest BCUT2D eigenvalue weighted by Crippen LogP contribution is -2.52. The molecule has 2 heterocycles. The average Bonchev–Trinajstić information content (AvgIpc) is 2.48. The summed E-state index contributed by atoms with van der Waals surface area (Å²) in [7, 11) is 4.15. The standard InChI is InChI=1S/C20H32N2O2/c1-15-13-21(5)17(3)11-19(15,23)9-7-8-10-20(24)12-18(4)22(6)14-16(20)2/h15-18,23-24H,11-14H2,1-6H3/t15-,16-,17+,18+,19-,20-/m0/s1.